The van der Waals surface area contributed by atoms with Crippen LogP contribution in [0.4, 0.5) is 0 Å². The zero-order valence-electron chi connectivity index (χ0n) is 7.29. The first-order valence-corrected chi connectivity index (χ1v) is 5.60. The molecule has 1 aliphatic rings. The number of hydrogen-bond acceptors (Lipinski definition) is 3. The highest BCUT2D eigenvalue weighted by Gasteiger charge is 2.11. The highest BCUT2D eigenvalue weighted by molar-refractivity contribution is 7.98. The fourth-order valence-electron chi connectivity index (χ4n) is 1.52. The Morgan fingerprint density at radius 1 is 1.33 bits per heavy atom. The number of aryl methyl sites for hydroxylation is 2. The molecule has 3 nitrogen and oxygen atoms in total. The van der Waals surface area contributed by atoms with Gasteiger partial charge >= 0.3 is 0 Å². The number of aromatic nitrogens is 3. The van der Waals surface area contributed by atoms with E-state index in [2.05, 4.69) is 14.8 Å². The first-order chi connectivity index (χ1) is 5.90. The van der Waals surface area contributed by atoms with E-state index in [1.54, 1.807) is 11.8 Å². The molecule has 0 atom stereocenters. The van der Waals surface area contributed by atoms with Crippen LogP contribution in [0.15, 0.2) is 5.16 Å². The summed E-state index contributed by atoms with van der Waals surface area (Å²) in [7, 11) is 0. The summed E-state index contributed by atoms with van der Waals surface area (Å²) in [4.78, 5) is 4.44. The van der Waals surface area contributed by atoms with Gasteiger partial charge in [-0.1, -0.05) is 18.2 Å². The van der Waals surface area contributed by atoms with Crippen molar-refractivity contribution in [3.05, 3.63) is 5.82 Å². The van der Waals surface area contributed by atoms with E-state index in [0.29, 0.717) is 0 Å². The number of nitrogens with zero attached hydrogens (tertiary/aromatic N) is 3. The molecule has 2 heterocycles. The minimum absolute atomic E-state index is 0.923. The first kappa shape index (κ1) is 8.10. The van der Waals surface area contributed by atoms with Gasteiger partial charge in [0.2, 0.25) is 5.16 Å². The summed E-state index contributed by atoms with van der Waals surface area (Å²) in [5.74, 6) is 1.18. The molecule has 12 heavy (non-hydrogen) atoms. The molecule has 0 fully saturated rings. The van der Waals surface area contributed by atoms with Crippen molar-refractivity contribution in [1.29, 1.82) is 0 Å². The Morgan fingerprint density at radius 2 is 2.25 bits per heavy atom. The third-order valence-electron chi connectivity index (χ3n) is 2.18. The molecule has 0 aliphatic carbocycles. The molecule has 1 aromatic heterocycles. The van der Waals surface area contributed by atoms with Crippen molar-refractivity contribution in [3.8, 4) is 0 Å². The van der Waals surface area contributed by atoms with Crippen LogP contribution in [0, 0.1) is 0 Å². The van der Waals surface area contributed by atoms with Gasteiger partial charge in [-0.25, -0.2) is 9.67 Å². The van der Waals surface area contributed by atoms with Gasteiger partial charge < -0.3 is 0 Å². The molecule has 1 aliphatic heterocycles. The molecule has 1 aromatic rings. The molecule has 0 saturated carbocycles. The lowest BCUT2D eigenvalue weighted by Crippen LogP contribution is -2.02. The van der Waals surface area contributed by atoms with Gasteiger partial charge in [-0.05, 0) is 19.1 Å². The zero-order valence-corrected chi connectivity index (χ0v) is 8.10. The molecule has 0 unspecified atom stereocenters. The van der Waals surface area contributed by atoms with Crippen molar-refractivity contribution in [1.82, 2.24) is 14.8 Å². The lowest BCUT2D eigenvalue weighted by molar-refractivity contribution is 0.565. The second kappa shape index (κ2) is 3.47. The van der Waals surface area contributed by atoms with E-state index in [-0.39, 0.29) is 0 Å². The van der Waals surface area contributed by atoms with E-state index >= 15 is 0 Å². The Bertz CT molecular complexity index is 246. The molecule has 2 rings (SSSR count). The molecular weight excluding hydrogens is 170 g/mol. The number of hydrogen-bond donors (Lipinski definition) is 0. The SMILES string of the molecule is CSc1nc2n(n1)CCCCC2. The van der Waals surface area contributed by atoms with Crippen LogP contribution in [0.1, 0.15) is 25.1 Å². The van der Waals surface area contributed by atoms with Crippen molar-refractivity contribution < 1.29 is 0 Å². The summed E-state index contributed by atoms with van der Waals surface area (Å²) >= 11 is 1.63. The highest BCUT2D eigenvalue weighted by atomic mass is 32.2. The average molecular weight is 183 g/mol. The molecular formula is C8H13N3S. The Kier molecular flexibility index (Phi) is 2.35. The van der Waals surface area contributed by atoms with Crippen molar-refractivity contribution >= 4 is 11.8 Å². The second-order valence-electron chi connectivity index (χ2n) is 3.05. The van der Waals surface area contributed by atoms with E-state index in [0.717, 1.165) is 18.1 Å². The Labute approximate surface area is 76.6 Å². The molecule has 0 amide bonds. The average Bonchev–Trinajstić information content (AvgIpc) is 2.37. The third kappa shape index (κ3) is 1.48. The largest absolute Gasteiger partial charge is 0.249 e. The minimum atomic E-state index is 0.923. The maximum atomic E-state index is 4.44. The van der Waals surface area contributed by atoms with Crippen LogP contribution in [0.5, 0.6) is 0 Å². The van der Waals surface area contributed by atoms with Crippen LogP contribution in [0.3, 0.4) is 0 Å². The van der Waals surface area contributed by atoms with E-state index in [1.165, 1.54) is 25.1 Å². The monoisotopic (exact) mass is 183 g/mol. The third-order valence-corrected chi connectivity index (χ3v) is 2.72. The maximum absolute atomic E-state index is 4.44. The van der Waals surface area contributed by atoms with Crippen LogP contribution in [-0.2, 0) is 13.0 Å². The van der Waals surface area contributed by atoms with Gasteiger partial charge in [0.25, 0.3) is 0 Å². The summed E-state index contributed by atoms with van der Waals surface area (Å²) in [6, 6.07) is 0. The van der Waals surface area contributed by atoms with Crippen LogP contribution in [-0.4, -0.2) is 21.0 Å². The van der Waals surface area contributed by atoms with Crippen molar-refractivity contribution in [2.45, 2.75) is 37.4 Å². The normalized spacial score (nSPS) is 17.1. The molecule has 0 spiro atoms. The topological polar surface area (TPSA) is 30.7 Å². The number of fused-ring (bicyclic) bond motifs is 1. The van der Waals surface area contributed by atoms with E-state index in [1.807, 2.05) is 6.26 Å². The number of thioether (sulfide) groups is 1. The smallest absolute Gasteiger partial charge is 0.208 e. The molecule has 0 N–H and O–H groups in total. The van der Waals surface area contributed by atoms with Gasteiger partial charge in [-0.2, -0.15) is 0 Å². The highest BCUT2D eigenvalue weighted by Crippen LogP contribution is 2.16. The zero-order chi connectivity index (χ0) is 8.39. The maximum Gasteiger partial charge on any atom is 0.208 e. The molecule has 4 heteroatoms. The van der Waals surface area contributed by atoms with Crippen LogP contribution < -0.4 is 0 Å². The van der Waals surface area contributed by atoms with Crippen LogP contribution in [0.25, 0.3) is 0 Å². The van der Waals surface area contributed by atoms with Gasteiger partial charge in [0, 0.05) is 13.0 Å². The van der Waals surface area contributed by atoms with Crippen LogP contribution in [0.2, 0.25) is 0 Å². The molecule has 66 valence electrons. The fourth-order valence-corrected chi connectivity index (χ4v) is 1.90. The predicted molar refractivity (Wildman–Crippen MR) is 49.4 cm³/mol. The van der Waals surface area contributed by atoms with Gasteiger partial charge in [0.05, 0.1) is 0 Å². The van der Waals surface area contributed by atoms with E-state index < -0.39 is 0 Å². The minimum Gasteiger partial charge on any atom is -0.249 e. The van der Waals surface area contributed by atoms with E-state index in [9.17, 15) is 0 Å². The fraction of sp³-hybridized carbons (Fsp3) is 0.750. The van der Waals surface area contributed by atoms with Crippen molar-refractivity contribution in [3.63, 3.8) is 0 Å². The summed E-state index contributed by atoms with van der Waals surface area (Å²) in [6.07, 6.45) is 6.97. The molecule has 0 saturated heterocycles. The summed E-state index contributed by atoms with van der Waals surface area (Å²) in [5, 5.41) is 5.32. The standard InChI is InChI=1S/C8H13N3S/c1-12-8-9-7-5-3-2-4-6-11(7)10-8/h2-6H2,1H3. The quantitative estimate of drug-likeness (QED) is 0.621. The van der Waals surface area contributed by atoms with Crippen molar-refractivity contribution in [2.75, 3.05) is 6.26 Å². The first-order valence-electron chi connectivity index (χ1n) is 4.38. The lowest BCUT2D eigenvalue weighted by atomic mass is 10.2. The summed E-state index contributed by atoms with van der Waals surface area (Å²) < 4.78 is 2.07. The Morgan fingerprint density at radius 3 is 3.08 bits per heavy atom. The second-order valence-corrected chi connectivity index (χ2v) is 3.82. The van der Waals surface area contributed by atoms with Gasteiger partial charge in [0.1, 0.15) is 5.82 Å². The summed E-state index contributed by atoms with van der Waals surface area (Å²) in [5.41, 5.74) is 0. The summed E-state index contributed by atoms with van der Waals surface area (Å²) in [6.45, 7) is 1.06. The number of rotatable bonds is 1. The molecule has 0 radical (unpaired) electrons. The van der Waals surface area contributed by atoms with Gasteiger partial charge in [-0.15, -0.1) is 5.10 Å². The van der Waals surface area contributed by atoms with Gasteiger partial charge in [-0.3, -0.25) is 0 Å². The van der Waals surface area contributed by atoms with E-state index in [4.69, 9.17) is 0 Å². The molecule has 0 aromatic carbocycles. The van der Waals surface area contributed by atoms with Crippen molar-refractivity contribution in [2.24, 2.45) is 0 Å². The predicted octanol–water partition coefficient (Wildman–Crippen LogP) is 1.73. The Hall–Kier alpha value is -0.510. The Balaban J connectivity index is 2.26. The lowest BCUT2D eigenvalue weighted by Gasteiger charge is -1.96. The van der Waals surface area contributed by atoms with Gasteiger partial charge in [0.15, 0.2) is 0 Å². The molecule has 0 bridgehead atoms. The van der Waals surface area contributed by atoms with Crippen LogP contribution >= 0.6 is 11.8 Å².